The number of rotatable bonds is 4. The summed E-state index contributed by atoms with van der Waals surface area (Å²) in [7, 11) is 0. The smallest absolute Gasteiger partial charge is 0.0137 e. The van der Waals surface area contributed by atoms with Gasteiger partial charge in [0.2, 0.25) is 0 Å². The van der Waals surface area contributed by atoms with Crippen molar-refractivity contribution >= 4 is 11.8 Å². The Morgan fingerprint density at radius 2 is 1.36 bits per heavy atom. The highest BCUT2D eigenvalue weighted by Gasteiger charge is 1.89. The summed E-state index contributed by atoms with van der Waals surface area (Å²) in [5.74, 6) is 0. The van der Waals surface area contributed by atoms with Crippen LogP contribution in [0.5, 0.6) is 0 Å². The molecule has 0 nitrogen and oxygen atoms in total. The summed E-state index contributed by atoms with van der Waals surface area (Å²) in [6.45, 7) is 11.4. The maximum Gasteiger partial charge on any atom is -0.0137 e. The molecule has 0 radical (unpaired) electrons. The average molecular weight is 166 g/mol. The third-order valence-corrected chi connectivity index (χ3v) is 1.94. The summed E-state index contributed by atoms with van der Waals surface area (Å²) in [5.41, 5.74) is 0. The highest BCUT2D eigenvalue weighted by atomic mass is 32.2. The number of hydrogen-bond acceptors (Lipinski definition) is 1. The summed E-state index contributed by atoms with van der Waals surface area (Å²) in [4.78, 5) is 2.49. The average Bonchev–Trinajstić information content (AvgIpc) is 1.87. The molecule has 0 aromatic rings. The van der Waals surface area contributed by atoms with Crippen LogP contribution in [-0.2, 0) is 0 Å². The molecule has 0 saturated carbocycles. The Bertz CT molecular complexity index is 175. The maximum atomic E-state index is 3.62. The number of allylic oxidation sites excluding steroid dienone is 6. The van der Waals surface area contributed by atoms with Crippen LogP contribution in [-0.4, -0.2) is 0 Å². The fourth-order valence-corrected chi connectivity index (χ4v) is 1.49. The molecule has 60 valence electrons. The van der Waals surface area contributed by atoms with Crippen LogP contribution >= 0.6 is 11.8 Å². The number of thioether (sulfide) groups is 1. The van der Waals surface area contributed by atoms with E-state index in [1.165, 1.54) is 9.81 Å². The third-order valence-electron chi connectivity index (χ3n) is 1.03. The van der Waals surface area contributed by atoms with Crippen molar-refractivity contribution in [2.24, 2.45) is 0 Å². The summed E-state index contributed by atoms with van der Waals surface area (Å²) < 4.78 is 0. The summed E-state index contributed by atoms with van der Waals surface area (Å²) in [6, 6.07) is 0. The normalized spacial score (nSPS) is 12.9. The van der Waals surface area contributed by atoms with Crippen LogP contribution in [0.1, 0.15) is 13.8 Å². The van der Waals surface area contributed by atoms with Gasteiger partial charge in [0, 0.05) is 0 Å². The number of hydrogen-bond donors (Lipinski definition) is 0. The predicted molar refractivity (Wildman–Crippen MR) is 55.5 cm³/mol. The molecule has 0 saturated heterocycles. The van der Waals surface area contributed by atoms with Crippen LogP contribution in [0.2, 0.25) is 0 Å². The lowest BCUT2D eigenvalue weighted by atomic mass is 10.5. The van der Waals surface area contributed by atoms with Crippen LogP contribution in [0.4, 0.5) is 0 Å². The Kier molecular flexibility index (Phi) is 5.67. The van der Waals surface area contributed by atoms with E-state index in [2.05, 4.69) is 27.0 Å². The molecule has 0 aromatic heterocycles. The maximum absolute atomic E-state index is 3.62. The van der Waals surface area contributed by atoms with E-state index in [1.54, 1.807) is 23.9 Å². The van der Waals surface area contributed by atoms with Crippen molar-refractivity contribution in [3.05, 3.63) is 47.3 Å². The first-order valence-electron chi connectivity index (χ1n) is 3.47. The molecule has 0 heterocycles. The van der Waals surface area contributed by atoms with Gasteiger partial charge >= 0.3 is 0 Å². The standard InChI is InChI=1S/C10H14S/c1-5-7-9(3)11-10(4)8-6-2/h5-8H,1-2H2,3-4H3. The molecule has 0 unspecified atom stereocenters. The molecule has 0 aliphatic rings. The van der Waals surface area contributed by atoms with Crippen molar-refractivity contribution in [1.29, 1.82) is 0 Å². The van der Waals surface area contributed by atoms with Gasteiger partial charge in [0.05, 0.1) is 0 Å². The fraction of sp³-hybridized carbons (Fsp3) is 0.200. The zero-order valence-electron chi connectivity index (χ0n) is 7.13. The van der Waals surface area contributed by atoms with E-state index >= 15 is 0 Å². The molecule has 0 bridgehead atoms. The Morgan fingerprint density at radius 3 is 1.64 bits per heavy atom. The van der Waals surface area contributed by atoms with Gasteiger partial charge in [-0.15, -0.1) is 0 Å². The van der Waals surface area contributed by atoms with Crippen LogP contribution < -0.4 is 0 Å². The van der Waals surface area contributed by atoms with E-state index in [0.717, 1.165) is 0 Å². The highest BCUT2D eigenvalue weighted by molar-refractivity contribution is 8.06. The van der Waals surface area contributed by atoms with Crippen molar-refractivity contribution in [3.63, 3.8) is 0 Å². The second-order valence-electron chi connectivity index (χ2n) is 2.13. The van der Waals surface area contributed by atoms with Crippen molar-refractivity contribution in [2.45, 2.75) is 13.8 Å². The molecule has 0 fully saturated rings. The minimum Gasteiger partial charge on any atom is -0.0996 e. The zero-order valence-corrected chi connectivity index (χ0v) is 7.95. The van der Waals surface area contributed by atoms with Crippen molar-refractivity contribution < 1.29 is 0 Å². The second kappa shape index (κ2) is 6.05. The van der Waals surface area contributed by atoms with Gasteiger partial charge in [-0.2, -0.15) is 0 Å². The molecule has 11 heavy (non-hydrogen) atoms. The largest absolute Gasteiger partial charge is 0.0996 e. The molecule has 0 aliphatic carbocycles. The second-order valence-corrected chi connectivity index (χ2v) is 3.62. The Hall–Kier alpha value is -0.690. The van der Waals surface area contributed by atoms with E-state index < -0.39 is 0 Å². The monoisotopic (exact) mass is 166 g/mol. The molecular weight excluding hydrogens is 152 g/mol. The molecule has 0 atom stereocenters. The van der Waals surface area contributed by atoms with Crippen LogP contribution in [0, 0.1) is 0 Å². The molecule has 0 amide bonds. The Labute approximate surface area is 73.4 Å². The predicted octanol–water partition coefficient (Wildman–Crippen LogP) is 3.90. The van der Waals surface area contributed by atoms with Crippen LogP contribution in [0.25, 0.3) is 0 Å². The quantitative estimate of drug-likeness (QED) is 0.571. The van der Waals surface area contributed by atoms with E-state index in [1.807, 2.05) is 12.2 Å². The van der Waals surface area contributed by atoms with E-state index in [4.69, 9.17) is 0 Å². The summed E-state index contributed by atoms with van der Waals surface area (Å²) in [6.07, 6.45) is 7.57. The molecule has 0 spiro atoms. The van der Waals surface area contributed by atoms with Crippen molar-refractivity contribution in [2.75, 3.05) is 0 Å². The highest BCUT2D eigenvalue weighted by Crippen LogP contribution is 2.23. The van der Waals surface area contributed by atoms with E-state index in [9.17, 15) is 0 Å². The van der Waals surface area contributed by atoms with Crippen molar-refractivity contribution in [1.82, 2.24) is 0 Å². The van der Waals surface area contributed by atoms with Gasteiger partial charge in [-0.1, -0.05) is 49.2 Å². The first-order valence-corrected chi connectivity index (χ1v) is 4.29. The lowest BCUT2D eigenvalue weighted by Gasteiger charge is -1.97. The first kappa shape index (κ1) is 10.3. The third kappa shape index (κ3) is 5.74. The topological polar surface area (TPSA) is 0 Å². The van der Waals surface area contributed by atoms with Gasteiger partial charge in [-0.05, 0) is 23.7 Å². The Balaban J connectivity index is 4.03. The minimum atomic E-state index is 1.25. The SMILES string of the molecule is C=CC=C(C)SC(C)=CC=C. The zero-order chi connectivity index (χ0) is 8.69. The van der Waals surface area contributed by atoms with Crippen LogP contribution in [0.15, 0.2) is 47.3 Å². The van der Waals surface area contributed by atoms with Gasteiger partial charge in [0.25, 0.3) is 0 Å². The van der Waals surface area contributed by atoms with Gasteiger partial charge in [-0.25, -0.2) is 0 Å². The van der Waals surface area contributed by atoms with Crippen molar-refractivity contribution in [3.8, 4) is 0 Å². The molecule has 0 rings (SSSR count). The fourth-order valence-electron chi connectivity index (χ4n) is 0.654. The van der Waals surface area contributed by atoms with E-state index in [0.29, 0.717) is 0 Å². The van der Waals surface area contributed by atoms with Gasteiger partial charge in [-0.3, -0.25) is 0 Å². The van der Waals surface area contributed by atoms with Gasteiger partial charge in [0.15, 0.2) is 0 Å². The van der Waals surface area contributed by atoms with E-state index in [-0.39, 0.29) is 0 Å². The Morgan fingerprint density at radius 1 is 1.00 bits per heavy atom. The molecule has 0 aromatic carbocycles. The van der Waals surface area contributed by atoms with Gasteiger partial charge in [0.1, 0.15) is 0 Å². The van der Waals surface area contributed by atoms with Crippen LogP contribution in [0.3, 0.4) is 0 Å². The van der Waals surface area contributed by atoms with Gasteiger partial charge < -0.3 is 0 Å². The lowest BCUT2D eigenvalue weighted by Crippen LogP contribution is -1.67. The molecular formula is C10H14S. The molecule has 0 N–H and O–H groups in total. The lowest BCUT2D eigenvalue weighted by molar-refractivity contribution is 1.63. The molecule has 1 heteroatoms. The minimum absolute atomic E-state index is 1.25. The summed E-state index contributed by atoms with van der Waals surface area (Å²) in [5, 5.41) is 0. The molecule has 0 aliphatic heterocycles. The first-order chi connectivity index (χ1) is 5.20. The summed E-state index contributed by atoms with van der Waals surface area (Å²) >= 11 is 1.73.